The number of hydrogen-bond acceptors (Lipinski definition) is 3. The van der Waals surface area contributed by atoms with Gasteiger partial charge in [0.25, 0.3) is 5.91 Å². The molecule has 0 bridgehead atoms. The number of carbonyl (C=O) groups excluding carboxylic acids is 1. The van der Waals surface area contributed by atoms with Crippen LogP contribution in [0.4, 0.5) is 5.69 Å². The molecule has 4 nitrogen and oxygen atoms in total. The molecule has 0 aliphatic heterocycles. The lowest BCUT2D eigenvalue weighted by atomic mass is 10.0. The number of benzene rings is 1. The van der Waals surface area contributed by atoms with Crippen molar-refractivity contribution >= 4 is 11.6 Å². The van der Waals surface area contributed by atoms with Gasteiger partial charge in [0.1, 0.15) is 5.75 Å². The average Bonchev–Trinajstić information content (AvgIpc) is 2.43. The number of amides is 1. The number of rotatable bonds is 8. The van der Waals surface area contributed by atoms with Crippen LogP contribution in [0.5, 0.6) is 5.75 Å². The lowest BCUT2D eigenvalue weighted by Crippen LogP contribution is -2.24. The predicted molar refractivity (Wildman–Crippen MR) is 83.2 cm³/mol. The number of likely N-dealkylation sites (N-methyl/N-ethyl adjacent to an activating group) is 1. The summed E-state index contributed by atoms with van der Waals surface area (Å²) < 4.78 is 5.43. The average molecular weight is 278 g/mol. The summed E-state index contributed by atoms with van der Waals surface area (Å²) in [5.41, 5.74) is 1.02. The Kier molecular flexibility index (Phi) is 6.91. The molecule has 1 rings (SSSR count). The maximum absolute atomic E-state index is 11.1. The number of hydrogen-bond donors (Lipinski definition) is 2. The van der Waals surface area contributed by atoms with Crippen molar-refractivity contribution in [3.63, 3.8) is 0 Å². The minimum absolute atomic E-state index is 0.0445. The van der Waals surface area contributed by atoms with E-state index < -0.39 is 0 Å². The van der Waals surface area contributed by atoms with Gasteiger partial charge in [-0.15, -0.1) is 0 Å². The van der Waals surface area contributed by atoms with E-state index in [1.54, 1.807) is 7.05 Å². The van der Waals surface area contributed by atoms with Crippen LogP contribution in [0.1, 0.15) is 33.6 Å². The van der Waals surface area contributed by atoms with E-state index in [0.717, 1.165) is 18.0 Å². The minimum Gasteiger partial charge on any atom is -0.484 e. The Bertz CT molecular complexity index is 419. The van der Waals surface area contributed by atoms with Gasteiger partial charge in [-0.1, -0.05) is 19.9 Å². The molecule has 0 saturated heterocycles. The van der Waals surface area contributed by atoms with Gasteiger partial charge >= 0.3 is 0 Å². The summed E-state index contributed by atoms with van der Waals surface area (Å²) in [5.74, 6) is 1.30. The smallest absolute Gasteiger partial charge is 0.257 e. The Balaban J connectivity index is 2.48. The normalized spacial score (nSPS) is 12.1. The first-order valence-corrected chi connectivity index (χ1v) is 7.21. The van der Waals surface area contributed by atoms with Gasteiger partial charge in [-0.05, 0) is 37.8 Å². The van der Waals surface area contributed by atoms with Gasteiger partial charge < -0.3 is 15.4 Å². The van der Waals surface area contributed by atoms with Crippen LogP contribution >= 0.6 is 0 Å². The zero-order valence-electron chi connectivity index (χ0n) is 12.9. The summed E-state index contributed by atoms with van der Waals surface area (Å²) >= 11 is 0. The SMILES string of the molecule is CNC(=O)COc1cccc(NC(C)CCC(C)C)c1. The second-order valence-corrected chi connectivity index (χ2v) is 5.51. The lowest BCUT2D eigenvalue weighted by Gasteiger charge is -2.17. The molecule has 0 spiro atoms. The van der Waals surface area contributed by atoms with Gasteiger partial charge in [0, 0.05) is 24.8 Å². The predicted octanol–water partition coefficient (Wildman–Crippen LogP) is 3.05. The Morgan fingerprint density at radius 1 is 1.25 bits per heavy atom. The topological polar surface area (TPSA) is 50.4 Å². The Hall–Kier alpha value is -1.71. The van der Waals surface area contributed by atoms with Crippen molar-refractivity contribution in [2.45, 2.75) is 39.7 Å². The Morgan fingerprint density at radius 3 is 2.65 bits per heavy atom. The number of anilines is 1. The van der Waals surface area contributed by atoms with Crippen molar-refractivity contribution in [2.24, 2.45) is 5.92 Å². The highest BCUT2D eigenvalue weighted by atomic mass is 16.5. The highest BCUT2D eigenvalue weighted by Gasteiger charge is 2.05. The van der Waals surface area contributed by atoms with Crippen LogP contribution in [0.3, 0.4) is 0 Å². The monoisotopic (exact) mass is 278 g/mol. The molecule has 1 aromatic rings. The first kappa shape index (κ1) is 16.3. The molecule has 1 atom stereocenters. The Labute approximate surface area is 121 Å². The van der Waals surface area contributed by atoms with Crippen molar-refractivity contribution in [3.05, 3.63) is 24.3 Å². The van der Waals surface area contributed by atoms with Crippen molar-refractivity contribution in [1.29, 1.82) is 0 Å². The van der Waals surface area contributed by atoms with Crippen molar-refractivity contribution in [3.8, 4) is 5.75 Å². The molecule has 1 amide bonds. The summed E-state index contributed by atoms with van der Waals surface area (Å²) in [6.07, 6.45) is 2.35. The molecule has 1 aromatic carbocycles. The van der Waals surface area contributed by atoms with Gasteiger partial charge in [0.2, 0.25) is 0 Å². The molecule has 4 heteroatoms. The van der Waals surface area contributed by atoms with Crippen molar-refractivity contribution < 1.29 is 9.53 Å². The molecule has 0 aliphatic rings. The molecular weight excluding hydrogens is 252 g/mol. The van der Waals surface area contributed by atoms with E-state index in [9.17, 15) is 4.79 Å². The standard InChI is InChI=1S/C16H26N2O2/c1-12(2)8-9-13(3)18-14-6-5-7-15(10-14)20-11-16(19)17-4/h5-7,10,12-13,18H,8-9,11H2,1-4H3,(H,17,19). The van der Waals surface area contributed by atoms with Gasteiger partial charge in [0.15, 0.2) is 6.61 Å². The molecular formula is C16H26N2O2. The maximum atomic E-state index is 11.1. The van der Waals surface area contributed by atoms with E-state index in [0.29, 0.717) is 11.8 Å². The van der Waals surface area contributed by atoms with E-state index >= 15 is 0 Å². The third-order valence-corrected chi connectivity index (χ3v) is 3.07. The summed E-state index contributed by atoms with van der Waals surface area (Å²) in [6.45, 7) is 6.70. The van der Waals surface area contributed by atoms with E-state index in [1.165, 1.54) is 6.42 Å². The molecule has 0 aromatic heterocycles. The highest BCUT2D eigenvalue weighted by molar-refractivity contribution is 5.77. The molecule has 20 heavy (non-hydrogen) atoms. The van der Waals surface area contributed by atoms with E-state index in [-0.39, 0.29) is 12.5 Å². The fourth-order valence-corrected chi connectivity index (χ4v) is 1.84. The summed E-state index contributed by atoms with van der Waals surface area (Å²) in [4.78, 5) is 11.1. The summed E-state index contributed by atoms with van der Waals surface area (Å²) in [5, 5.41) is 5.99. The number of nitrogens with one attached hydrogen (secondary N) is 2. The molecule has 112 valence electrons. The third kappa shape index (κ3) is 6.45. The third-order valence-electron chi connectivity index (χ3n) is 3.07. The van der Waals surface area contributed by atoms with Crippen LogP contribution in [0, 0.1) is 5.92 Å². The molecule has 0 saturated carbocycles. The minimum atomic E-state index is -0.131. The van der Waals surface area contributed by atoms with Gasteiger partial charge in [-0.2, -0.15) is 0 Å². The fraction of sp³-hybridized carbons (Fsp3) is 0.562. The van der Waals surface area contributed by atoms with Crippen LogP contribution in [-0.2, 0) is 4.79 Å². The summed E-state index contributed by atoms with van der Waals surface area (Å²) in [6, 6.07) is 8.14. The molecule has 1 unspecified atom stereocenters. The zero-order chi connectivity index (χ0) is 15.0. The fourth-order valence-electron chi connectivity index (χ4n) is 1.84. The molecule has 0 fully saturated rings. The van der Waals surface area contributed by atoms with Crippen LogP contribution in [-0.4, -0.2) is 25.6 Å². The first-order chi connectivity index (χ1) is 9.51. The van der Waals surface area contributed by atoms with E-state index in [1.807, 2.05) is 24.3 Å². The largest absolute Gasteiger partial charge is 0.484 e. The lowest BCUT2D eigenvalue weighted by molar-refractivity contribution is -0.122. The van der Waals surface area contributed by atoms with E-state index in [4.69, 9.17) is 4.74 Å². The summed E-state index contributed by atoms with van der Waals surface area (Å²) in [7, 11) is 1.60. The van der Waals surface area contributed by atoms with Crippen LogP contribution < -0.4 is 15.4 Å². The van der Waals surface area contributed by atoms with Crippen molar-refractivity contribution in [1.82, 2.24) is 5.32 Å². The van der Waals surface area contributed by atoms with Crippen LogP contribution in [0.15, 0.2) is 24.3 Å². The molecule has 2 N–H and O–H groups in total. The van der Waals surface area contributed by atoms with Gasteiger partial charge in [-0.25, -0.2) is 0 Å². The van der Waals surface area contributed by atoms with Gasteiger partial charge in [-0.3, -0.25) is 4.79 Å². The second kappa shape index (κ2) is 8.46. The molecule has 0 radical (unpaired) electrons. The maximum Gasteiger partial charge on any atom is 0.257 e. The number of ether oxygens (including phenoxy) is 1. The second-order valence-electron chi connectivity index (χ2n) is 5.51. The van der Waals surface area contributed by atoms with Crippen molar-refractivity contribution in [2.75, 3.05) is 19.0 Å². The quantitative estimate of drug-likeness (QED) is 0.768. The van der Waals surface area contributed by atoms with Gasteiger partial charge in [0.05, 0.1) is 0 Å². The first-order valence-electron chi connectivity index (χ1n) is 7.21. The Morgan fingerprint density at radius 2 is 2.00 bits per heavy atom. The van der Waals surface area contributed by atoms with E-state index in [2.05, 4.69) is 31.4 Å². The zero-order valence-corrected chi connectivity index (χ0v) is 12.9. The van der Waals surface area contributed by atoms with Crippen LogP contribution in [0.2, 0.25) is 0 Å². The molecule has 0 aliphatic carbocycles. The molecule has 0 heterocycles. The number of carbonyl (C=O) groups is 1. The van der Waals surface area contributed by atoms with Crippen LogP contribution in [0.25, 0.3) is 0 Å². The highest BCUT2D eigenvalue weighted by Crippen LogP contribution is 2.19.